The highest BCUT2D eigenvalue weighted by Crippen LogP contribution is 2.19. The van der Waals surface area contributed by atoms with Crippen molar-refractivity contribution in [2.45, 2.75) is 32.3 Å². The number of nitrogens with zero attached hydrogens (tertiary/aromatic N) is 2. The molecule has 2 aromatic carbocycles. The third kappa shape index (κ3) is 5.52. The molecule has 1 aromatic heterocycles. The first-order valence-corrected chi connectivity index (χ1v) is 10.7. The van der Waals surface area contributed by atoms with Crippen LogP contribution in [0.25, 0.3) is 11.0 Å². The molecule has 0 spiro atoms. The molecule has 31 heavy (non-hydrogen) atoms. The zero-order valence-electron chi connectivity index (χ0n) is 17.6. The summed E-state index contributed by atoms with van der Waals surface area (Å²) in [7, 11) is 0. The molecule has 164 valence electrons. The number of amides is 2. The van der Waals surface area contributed by atoms with Gasteiger partial charge in [0, 0.05) is 31.8 Å². The first-order valence-electron chi connectivity index (χ1n) is 10.7. The number of likely N-dealkylation sites (N-methyl/N-ethyl adjacent to an activating group) is 1. The summed E-state index contributed by atoms with van der Waals surface area (Å²) in [6.07, 6.45) is 2.84. The topological polar surface area (TPSA) is 79.5 Å². The van der Waals surface area contributed by atoms with E-state index in [1.54, 1.807) is 11.0 Å². The summed E-state index contributed by atoms with van der Waals surface area (Å²) in [5.74, 6) is 1.17. The van der Waals surface area contributed by atoms with Gasteiger partial charge in [-0.25, -0.2) is 14.2 Å². The van der Waals surface area contributed by atoms with E-state index in [0.29, 0.717) is 42.8 Å². The number of urea groups is 1. The van der Waals surface area contributed by atoms with Crippen molar-refractivity contribution in [3.8, 4) is 5.75 Å². The molecular formula is C23H27FN4O3. The second-order valence-electron chi connectivity index (χ2n) is 7.58. The van der Waals surface area contributed by atoms with Crippen molar-refractivity contribution in [2.24, 2.45) is 0 Å². The van der Waals surface area contributed by atoms with Gasteiger partial charge in [-0.15, -0.1) is 0 Å². The first-order chi connectivity index (χ1) is 15.1. The number of aromatic amines is 1. The molecule has 4 rings (SSSR count). The van der Waals surface area contributed by atoms with Gasteiger partial charge in [0.2, 0.25) is 0 Å². The summed E-state index contributed by atoms with van der Waals surface area (Å²) in [5.41, 5.74) is 2.07. The summed E-state index contributed by atoms with van der Waals surface area (Å²) < 4.78 is 24.7. The normalized spacial score (nSPS) is 15.9. The third-order valence-corrected chi connectivity index (χ3v) is 5.35. The van der Waals surface area contributed by atoms with Crippen LogP contribution in [-0.4, -0.2) is 53.3 Å². The zero-order chi connectivity index (χ0) is 21.6. The second-order valence-corrected chi connectivity index (χ2v) is 7.58. The van der Waals surface area contributed by atoms with E-state index in [4.69, 9.17) is 9.47 Å². The minimum Gasteiger partial charge on any atom is -0.491 e. The lowest BCUT2D eigenvalue weighted by atomic mass is 10.2. The van der Waals surface area contributed by atoms with Crippen LogP contribution in [0.1, 0.15) is 25.6 Å². The number of nitrogens with one attached hydrogen (secondary N) is 2. The van der Waals surface area contributed by atoms with Gasteiger partial charge < -0.3 is 24.7 Å². The number of benzene rings is 2. The van der Waals surface area contributed by atoms with Crippen LogP contribution in [-0.2, 0) is 11.2 Å². The molecule has 0 radical (unpaired) electrons. The van der Waals surface area contributed by atoms with E-state index in [-0.39, 0.29) is 18.0 Å². The number of hydrogen-bond acceptors (Lipinski definition) is 4. The number of rotatable bonds is 8. The van der Waals surface area contributed by atoms with E-state index in [2.05, 4.69) is 15.3 Å². The van der Waals surface area contributed by atoms with Crippen molar-refractivity contribution in [2.75, 3.05) is 31.6 Å². The number of ether oxygens (including phenoxy) is 2. The lowest BCUT2D eigenvalue weighted by molar-refractivity contribution is 0.0679. The minimum atomic E-state index is -0.305. The lowest BCUT2D eigenvalue weighted by Gasteiger charge is -2.21. The highest BCUT2D eigenvalue weighted by atomic mass is 19.1. The molecular weight excluding hydrogens is 399 g/mol. The standard InChI is InChI=1S/C23H27FN4O3/c1-2-28(12-11-22-26-20-10-5-16(24)14-21(20)27-22)23(29)25-17-6-8-18(9-7-17)31-15-19-4-3-13-30-19/h5-10,14,19H,2-4,11-13,15H2,1H3,(H,25,29)(H,26,27). The largest absolute Gasteiger partial charge is 0.491 e. The Bertz CT molecular complexity index is 1020. The van der Waals surface area contributed by atoms with Gasteiger partial charge in [0.15, 0.2) is 0 Å². The molecule has 7 nitrogen and oxygen atoms in total. The molecule has 2 N–H and O–H groups in total. The van der Waals surface area contributed by atoms with Crippen LogP contribution in [0.3, 0.4) is 0 Å². The van der Waals surface area contributed by atoms with Crippen LogP contribution in [0.2, 0.25) is 0 Å². The second kappa shape index (κ2) is 9.78. The fourth-order valence-electron chi connectivity index (χ4n) is 3.60. The predicted octanol–water partition coefficient (Wildman–Crippen LogP) is 4.36. The summed E-state index contributed by atoms with van der Waals surface area (Å²) >= 11 is 0. The van der Waals surface area contributed by atoms with Gasteiger partial charge in [-0.05, 0) is 62.2 Å². The Kier molecular flexibility index (Phi) is 6.66. The number of H-pyrrole nitrogens is 1. The average molecular weight is 426 g/mol. The van der Waals surface area contributed by atoms with Gasteiger partial charge >= 0.3 is 6.03 Å². The summed E-state index contributed by atoms with van der Waals surface area (Å²) in [6.45, 7) is 4.33. The Morgan fingerprint density at radius 1 is 1.32 bits per heavy atom. The lowest BCUT2D eigenvalue weighted by Crippen LogP contribution is -2.36. The van der Waals surface area contributed by atoms with Crippen LogP contribution in [0, 0.1) is 5.82 Å². The smallest absolute Gasteiger partial charge is 0.321 e. The molecule has 1 unspecified atom stereocenters. The Balaban J connectivity index is 1.28. The van der Waals surface area contributed by atoms with Gasteiger partial charge in [-0.3, -0.25) is 0 Å². The zero-order valence-corrected chi connectivity index (χ0v) is 17.6. The Morgan fingerprint density at radius 3 is 2.90 bits per heavy atom. The van der Waals surface area contributed by atoms with E-state index >= 15 is 0 Å². The van der Waals surface area contributed by atoms with Crippen molar-refractivity contribution < 1.29 is 18.7 Å². The van der Waals surface area contributed by atoms with Crippen molar-refractivity contribution >= 4 is 22.8 Å². The van der Waals surface area contributed by atoms with Gasteiger partial charge in [-0.1, -0.05) is 0 Å². The fraction of sp³-hybridized carbons (Fsp3) is 0.391. The van der Waals surface area contributed by atoms with Crippen LogP contribution < -0.4 is 10.1 Å². The predicted molar refractivity (Wildman–Crippen MR) is 117 cm³/mol. The highest BCUT2D eigenvalue weighted by Gasteiger charge is 2.16. The Labute approximate surface area is 180 Å². The average Bonchev–Trinajstić information content (AvgIpc) is 3.43. The quantitative estimate of drug-likeness (QED) is 0.561. The van der Waals surface area contributed by atoms with Gasteiger partial charge in [0.25, 0.3) is 0 Å². The monoisotopic (exact) mass is 426 g/mol. The number of fused-ring (bicyclic) bond motifs is 1. The molecule has 8 heteroatoms. The van der Waals surface area contributed by atoms with E-state index in [9.17, 15) is 9.18 Å². The minimum absolute atomic E-state index is 0.170. The van der Waals surface area contributed by atoms with Crippen LogP contribution in [0.4, 0.5) is 14.9 Å². The van der Waals surface area contributed by atoms with Crippen LogP contribution >= 0.6 is 0 Å². The maximum absolute atomic E-state index is 13.3. The van der Waals surface area contributed by atoms with Crippen LogP contribution in [0.5, 0.6) is 5.75 Å². The number of anilines is 1. The van der Waals surface area contributed by atoms with Gasteiger partial charge in [-0.2, -0.15) is 0 Å². The molecule has 0 aliphatic carbocycles. The van der Waals surface area contributed by atoms with Crippen molar-refractivity contribution in [3.63, 3.8) is 0 Å². The maximum atomic E-state index is 13.3. The summed E-state index contributed by atoms with van der Waals surface area (Å²) in [5, 5.41) is 2.91. The van der Waals surface area contributed by atoms with Gasteiger partial charge in [0.05, 0.1) is 17.1 Å². The maximum Gasteiger partial charge on any atom is 0.321 e. The number of imidazole rings is 1. The highest BCUT2D eigenvalue weighted by molar-refractivity contribution is 5.89. The van der Waals surface area contributed by atoms with Crippen molar-refractivity contribution in [3.05, 3.63) is 54.1 Å². The Morgan fingerprint density at radius 2 is 2.16 bits per heavy atom. The Hall–Kier alpha value is -3.13. The molecule has 0 bridgehead atoms. The molecule has 3 aromatic rings. The molecule has 2 amide bonds. The van der Waals surface area contributed by atoms with E-state index in [1.807, 2.05) is 31.2 Å². The van der Waals surface area contributed by atoms with E-state index in [1.165, 1.54) is 12.1 Å². The molecule has 1 atom stereocenters. The molecule has 1 aliphatic heterocycles. The SMILES string of the molecule is CCN(CCc1nc2ccc(F)cc2[nH]1)C(=O)Nc1ccc(OCC2CCCO2)cc1. The molecule has 1 aliphatic rings. The summed E-state index contributed by atoms with van der Waals surface area (Å²) in [6, 6.07) is 11.6. The number of aromatic nitrogens is 2. The van der Waals surface area contributed by atoms with Crippen molar-refractivity contribution in [1.82, 2.24) is 14.9 Å². The van der Waals surface area contributed by atoms with E-state index < -0.39 is 0 Å². The molecule has 2 heterocycles. The number of carbonyl (C=O) groups is 1. The van der Waals surface area contributed by atoms with E-state index in [0.717, 1.165) is 31.0 Å². The number of halogens is 1. The number of hydrogen-bond donors (Lipinski definition) is 2. The van der Waals surface area contributed by atoms with Gasteiger partial charge in [0.1, 0.15) is 24.0 Å². The molecule has 0 saturated carbocycles. The third-order valence-electron chi connectivity index (χ3n) is 5.35. The first kappa shape index (κ1) is 21.1. The fourth-order valence-corrected chi connectivity index (χ4v) is 3.60. The number of carbonyl (C=O) groups excluding carboxylic acids is 1. The van der Waals surface area contributed by atoms with Crippen LogP contribution in [0.15, 0.2) is 42.5 Å². The van der Waals surface area contributed by atoms with Crippen molar-refractivity contribution in [1.29, 1.82) is 0 Å². The summed E-state index contributed by atoms with van der Waals surface area (Å²) in [4.78, 5) is 21.9. The molecule has 1 saturated heterocycles. The molecule has 1 fully saturated rings.